The van der Waals surface area contributed by atoms with Gasteiger partial charge in [-0.25, -0.2) is 0 Å². The van der Waals surface area contributed by atoms with Crippen LogP contribution in [0, 0.1) is 0 Å². The number of nitrogens with two attached hydrogens (primary N) is 1. The van der Waals surface area contributed by atoms with E-state index < -0.39 is 0 Å². The topological polar surface area (TPSA) is 64.8 Å². The standard InChI is InChI=1S/C14H20N2O3/c1-18-12-6-5-10(8-13(12)19-2)9-16-7-3-4-11(15)14(16)17/h5-6,8,11H,3-4,7,9,15H2,1-2H3. The summed E-state index contributed by atoms with van der Waals surface area (Å²) in [6, 6.07) is 5.33. The zero-order valence-electron chi connectivity index (χ0n) is 11.4. The van der Waals surface area contributed by atoms with Gasteiger partial charge in [0.25, 0.3) is 0 Å². The minimum atomic E-state index is -0.353. The fourth-order valence-electron chi connectivity index (χ4n) is 2.33. The van der Waals surface area contributed by atoms with Crippen LogP contribution in [0.15, 0.2) is 18.2 Å². The second-order valence-electron chi connectivity index (χ2n) is 4.70. The molecule has 2 rings (SSSR count). The average molecular weight is 264 g/mol. The van der Waals surface area contributed by atoms with Crippen LogP contribution in [0.4, 0.5) is 0 Å². The molecular weight excluding hydrogens is 244 g/mol. The van der Waals surface area contributed by atoms with Crippen LogP contribution in [0.5, 0.6) is 11.5 Å². The Morgan fingerprint density at radius 3 is 2.74 bits per heavy atom. The van der Waals surface area contributed by atoms with Crippen molar-refractivity contribution in [2.24, 2.45) is 5.73 Å². The van der Waals surface area contributed by atoms with E-state index in [1.807, 2.05) is 18.2 Å². The van der Waals surface area contributed by atoms with Crippen LogP contribution in [0.1, 0.15) is 18.4 Å². The van der Waals surface area contributed by atoms with E-state index in [-0.39, 0.29) is 11.9 Å². The molecule has 1 heterocycles. The minimum absolute atomic E-state index is 0.0287. The highest BCUT2D eigenvalue weighted by atomic mass is 16.5. The second-order valence-corrected chi connectivity index (χ2v) is 4.70. The largest absolute Gasteiger partial charge is 0.493 e. The molecule has 1 unspecified atom stereocenters. The molecule has 0 spiro atoms. The quantitative estimate of drug-likeness (QED) is 0.886. The molecule has 0 radical (unpaired) electrons. The maximum Gasteiger partial charge on any atom is 0.239 e. The van der Waals surface area contributed by atoms with Crippen molar-refractivity contribution >= 4 is 5.91 Å². The molecule has 1 aliphatic rings. The molecule has 104 valence electrons. The third-order valence-corrected chi connectivity index (χ3v) is 3.39. The van der Waals surface area contributed by atoms with Crippen LogP contribution in [-0.2, 0) is 11.3 Å². The molecule has 19 heavy (non-hydrogen) atoms. The van der Waals surface area contributed by atoms with Gasteiger partial charge in [0.2, 0.25) is 5.91 Å². The summed E-state index contributed by atoms with van der Waals surface area (Å²) in [6.07, 6.45) is 1.74. The first-order chi connectivity index (χ1) is 9.15. The number of amides is 1. The molecule has 0 aromatic heterocycles. The Labute approximate surface area is 113 Å². The molecule has 1 saturated heterocycles. The van der Waals surface area contributed by atoms with Crippen molar-refractivity contribution in [3.8, 4) is 11.5 Å². The van der Waals surface area contributed by atoms with Crippen LogP contribution in [-0.4, -0.2) is 37.6 Å². The lowest BCUT2D eigenvalue weighted by Gasteiger charge is -2.30. The van der Waals surface area contributed by atoms with Crippen LogP contribution in [0.3, 0.4) is 0 Å². The Balaban J connectivity index is 2.12. The zero-order valence-corrected chi connectivity index (χ0v) is 11.4. The van der Waals surface area contributed by atoms with Crippen molar-refractivity contribution in [3.63, 3.8) is 0 Å². The van der Waals surface area contributed by atoms with E-state index in [0.29, 0.717) is 18.0 Å². The molecular formula is C14H20N2O3. The Kier molecular flexibility index (Phi) is 4.27. The number of hydrogen-bond donors (Lipinski definition) is 1. The molecule has 5 nitrogen and oxygen atoms in total. The van der Waals surface area contributed by atoms with Gasteiger partial charge in [0.05, 0.1) is 20.3 Å². The highest BCUT2D eigenvalue weighted by Gasteiger charge is 2.25. The van der Waals surface area contributed by atoms with Crippen molar-refractivity contribution in [2.75, 3.05) is 20.8 Å². The van der Waals surface area contributed by atoms with E-state index in [9.17, 15) is 4.79 Å². The number of benzene rings is 1. The predicted octanol–water partition coefficient (Wildman–Crippen LogP) is 1.15. The van der Waals surface area contributed by atoms with E-state index in [0.717, 1.165) is 24.9 Å². The third kappa shape index (κ3) is 2.98. The smallest absolute Gasteiger partial charge is 0.239 e. The third-order valence-electron chi connectivity index (χ3n) is 3.39. The van der Waals surface area contributed by atoms with E-state index in [1.54, 1.807) is 19.1 Å². The SMILES string of the molecule is COc1ccc(CN2CCCC(N)C2=O)cc1OC. The van der Waals surface area contributed by atoms with Gasteiger partial charge < -0.3 is 20.1 Å². The number of likely N-dealkylation sites (tertiary alicyclic amines) is 1. The lowest BCUT2D eigenvalue weighted by Crippen LogP contribution is -2.47. The van der Waals surface area contributed by atoms with Crippen LogP contribution < -0.4 is 15.2 Å². The first-order valence-corrected chi connectivity index (χ1v) is 6.41. The highest BCUT2D eigenvalue weighted by Crippen LogP contribution is 2.28. The number of piperidine rings is 1. The average Bonchev–Trinajstić information content (AvgIpc) is 2.43. The fourth-order valence-corrected chi connectivity index (χ4v) is 2.33. The van der Waals surface area contributed by atoms with Crippen molar-refractivity contribution < 1.29 is 14.3 Å². The fraction of sp³-hybridized carbons (Fsp3) is 0.500. The number of methoxy groups -OCH3 is 2. The van der Waals surface area contributed by atoms with Gasteiger partial charge in [0.15, 0.2) is 11.5 Å². The molecule has 5 heteroatoms. The van der Waals surface area contributed by atoms with Gasteiger partial charge in [-0.05, 0) is 30.5 Å². The molecule has 0 bridgehead atoms. The number of nitrogens with zero attached hydrogens (tertiary/aromatic N) is 1. The normalized spacial score (nSPS) is 19.4. The number of carbonyl (C=O) groups is 1. The Morgan fingerprint density at radius 2 is 2.05 bits per heavy atom. The molecule has 1 atom stereocenters. The van der Waals surface area contributed by atoms with E-state index >= 15 is 0 Å². The molecule has 0 saturated carbocycles. The highest BCUT2D eigenvalue weighted by molar-refractivity contribution is 5.82. The van der Waals surface area contributed by atoms with Gasteiger partial charge in [-0.15, -0.1) is 0 Å². The maximum atomic E-state index is 12.0. The van der Waals surface area contributed by atoms with E-state index in [4.69, 9.17) is 15.2 Å². The summed E-state index contributed by atoms with van der Waals surface area (Å²) in [6.45, 7) is 1.33. The summed E-state index contributed by atoms with van der Waals surface area (Å²) in [4.78, 5) is 13.8. The lowest BCUT2D eigenvalue weighted by molar-refractivity contribution is -0.135. The van der Waals surface area contributed by atoms with Gasteiger partial charge in [0, 0.05) is 13.1 Å². The number of hydrogen-bond acceptors (Lipinski definition) is 4. The lowest BCUT2D eigenvalue weighted by atomic mass is 10.0. The monoisotopic (exact) mass is 264 g/mol. The first-order valence-electron chi connectivity index (χ1n) is 6.41. The Hall–Kier alpha value is -1.75. The summed E-state index contributed by atoms with van der Waals surface area (Å²) in [5.41, 5.74) is 6.80. The summed E-state index contributed by atoms with van der Waals surface area (Å²) in [5, 5.41) is 0. The summed E-state index contributed by atoms with van der Waals surface area (Å²) >= 11 is 0. The maximum absolute atomic E-state index is 12.0. The minimum Gasteiger partial charge on any atom is -0.493 e. The van der Waals surface area contributed by atoms with E-state index in [1.165, 1.54) is 0 Å². The summed E-state index contributed by atoms with van der Waals surface area (Å²) in [7, 11) is 3.20. The predicted molar refractivity (Wildman–Crippen MR) is 72.2 cm³/mol. The number of rotatable bonds is 4. The van der Waals surface area contributed by atoms with E-state index in [2.05, 4.69) is 0 Å². The van der Waals surface area contributed by atoms with Crippen LogP contribution in [0.2, 0.25) is 0 Å². The zero-order chi connectivity index (χ0) is 13.8. The number of carbonyl (C=O) groups excluding carboxylic acids is 1. The van der Waals surface area contributed by atoms with Gasteiger partial charge in [-0.3, -0.25) is 4.79 Å². The van der Waals surface area contributed by atoms with Gasteiger partial charge in [-0.1, -0.05) is 6.07 Å². The van der Waals surface area contributed by atoms with Crippen molar-refractivity contribution in [3.05, 3.63) is 23.8 Å². The second kappa shape index (κ2) is 5.93. The van der Waals surface area contributed by atoms with Crippen molar-refractivity contribution in [2.45, 2.75) is 25.4 Å². The molecule has 1 aliphatic heterocycles. The van der Waals surface area contributed by atoms with Crippen molar-refractivity contribution in [1.82, 2.24) is 4.90 Å². The molecule has 2 N–H and O–H groups in total. The Morgan fingerprint density at radius 1 is 1.32 bits per heavy atom. The first kappa shape index (κ1) is 13.7. The van der Waals surface area contributed by atoms with Crippen LogP contribution >= 0.6 is 0 Å². The molecule has 1 aromatic rings. The Bertz CT molecular complexity index is 462. The molecule has 0 aliphatic carbocycles. The summed E-state index contributed by atoms with van der Waals surface area (Å²) < 4.78 is 10.5. The van der Waals surface area contributed by atoms with Crippen molar-refractivity contribution in [1.29, 1.82) is 0 Å². The van der Waals surface area contributed by atoms with Gasteiger partial charge in [0.1, 0.15) is 0 Å². The number of ether oxygens (including phenoxy) is 2. The molecule has 1 fully saturated rings. The molecule has 1 amide bonds. The summed E-state index contributed by atoms with van der Waals surface area (Å²) in [5.74, 6) is 1.39. The van der Waals surface area contributed by atoms with Gasteiger partial charge >= 0.3 is 0 Å². The van der Waals surface area contributed by atoms with Crippen LogP contribution in [0.25, 0.3) is 0 Å². The van der Waals surface area contributed by atoms with Gasteiger partial charge in [-0.2, -0.15) is 0 Å². The molecule has 1 aromatic carbocycles.